The molecule has 1 unspecified atom stereocenters. The van der Waals surface area contributed by atoms with Crippen molar-refractivity contribution in [2.24, 2.45) is 5.92 Å². The number of amides is 1. The fourth-order valence-electron chi connectivity index (χ4n) is 2.19. The van der Waals surface area contributed by atoms with Crippen LogP contribution in [0.1, 0.15) is 49.8 Å². The van der Waals surface area contributed by atoms with Gasteiger partial charge in [-0.2, -0.15) is 5.26 Å². The summed E-state index contributed by atoms with van der Waals surface area (Å²) in [6.45, 7) is 4.28. The predicted octanol–water partition coefficient (Wildman–Crippen LogP) is 3.24. The average molecular weight is 256 g/mol. The van der Waals surface area contributed by atoms with Crippen LogP contribution in [0.5, 0.6) is 0 Å². The van der Waals surface area contributed by atoms with Crippen molar-refractivity contribution in [3.05, 3.63) is 35.4 Å². The zero-order valence-electron chi connectivity index (χ0n) is 11.8. The van der Waals surface area contributed by atoms with E-state index in [0.29, 0.717) is 5.92 Å². The second kappa shape index (κ2) is 5.44. The lowest BCUT2D eigenvalue weighted by Gasteiger charge is -2.23. The Hall–Kier alpha value is -1.82. The molecule has 1 fully saturated rings. The number of nitrogens with zero attached hydrogens (tertiary/aromatic N) is 2. The number of carbonyl (C=O) groups excluding carboxylic acids is 1. The predicted molar refractivity (Wildman–Crippen MR) is 74.4 cm³/mol. The molecule has 1 saturated carbocycles. The van der Waals surface area contributed by atoms with Crippen LogP contribution in [0.4, 0.5) is 0 Å². The molecule has 0 aromatic heterocycles. The molecule has 1 aromatic rings. The molecule has 3 heteroatoms. The summed E-state index contributed by atoms with van der Waals surface area (Å²) >= 11 is 0. The standard InChI is InChI=1S/C16H20N2O/c1-11(2)12-4-6-13(7-5-12)15(10-17)18(3)16(19)14-8-9-14/h4-7,11,14-15H,8-9H2,1-3H3. The number of nitriles is 1. The number of hydrogen-bond acceptors (Lipinski definition) is 2. The molecule has 100 valence electrons. The van der Waals surface area contributed by atoms with E-state index in [1.807, 2.05) is 24.3 Å². The van der Waals surface area contributed by atoms with Gasteiger partial charge in [-0.05, 0) is 29.9 Å². The zero-order valence-corrected chi connectivity index (χ0v) is 11.8. The van der Waals surface area contributed by atoms with Crippen LogP contribution in [-0.2, 0) is 4.79 Å². The van der Waals surface area contributed by atoms with Crippen molar-refractivity contribution in [2.45, 2.75) is 38.6 Å². The Morgan fingerprint density at radius 2 is 1.79 bits per heavy atom. The highest BCUT2D eigenvalue weighted by Gasteiger charge is 2.34. The van der Waals surface area contributed by atoms with Crippen molar-refractivity contribution >= 4 is 5.91 Å². The van der Waals surface area contributed by atoms with Crippen LogP contribution in [0, 0.1) is 17.2 Å². The summed E-state index contributed by atoms with van der Waals surface area (Å²) in [4.78, 5) is 13.6. The molecule has 0 N–H and O–H groups in total. The maximum atomic E-state index is 12.0. The summed E-state index contributed by atoms with van der Waals surface area (Å²) in [7, 11) is 1.73. The SMILES string of the molecule is CC(C)c1ccc(C(C#N)N(C)C(=O)C2CC2)cc1. The van der Waals surface area contributed by atoms with Crippen molar-refractivity contribution in [1.82, 2.24) is 4.90 Å². The zero-order chi connectivity index (χ0) is 14.0. The first kappa shape index (κ1) is 13.6. The molecule has 0 heterocycles. The molecule has 1 amide bonds. The molecular formula is C16H20N2O. The minimum absolute atomic E-state index is 0.0967. The van der Waals surface area contributed by atoms with Crippen LogP contribution in [0.2, 0.25) is 0 Å². The van der Waals surface area contributed by atoms with Crippen molar-refractivity contribution in [3.63, 3.8) is 0 Å². The smallest absolute Gasteiger partial charge is 0.226 e. The van der Waals surface area contributed by atoms with Gasteiger partial charge >= 0.3 is 0 Å². The maximum absolute atomic E-state index is 12.0. The van der Waals surface area contributed by atoms with Gasteiger partial charge in [0.15, 0.2) is 0 Å². The molecular weight excluding hydrogens is 236 g/mol. The van der Waals surface area contributed by atoms with E-state index in [-0.39, 0.29) is 11.8 Å². The van der Waals surface area contributed by atoms with Crippen LogP contribution >= 0.6 is 0 Å². The van der Waals surface area contributed by atoms with Gasteiger partial charge in [0.05, 0.1) is 6.07 Å². The molecule has 19 heavy (non-hydrogen) atoms. The molecule has 2 rings (SSSR count). The maximum Gasteiger partial charge on any atom is 0.226 e. The van der Waals surface area contributed by atoms with Crippen LogP contribution in [-0.4, -0.2) is 17.9 Å². The van der Waals surface area contributed by atoms with Gasteiger partial charge in [0, 0.05) is 13.0 Å². The molecule has 3 nitrogen and oxygen atoms in total. The second-order valence-electron chi connectivity index (χ2n) is 5.58. The number of hydrogen-bond donors (Lipinski definition) is 0. The first-order valence-corrected chi connectivity index (χ1v) is 6.80. The Labute approximate surface area is 114 Å². The first-order valence-electron chi connectivity index (χ1n) is 6.80. The van der Waals surface area contributed by atoms with Crippen molar-refractivity contribution in [1.29, 1.82) is 5.26 Å². The summed E-state index contributed by atoms with van der Waals surface area (Å²) in [5.41, 5.74) is 2.14. The fourth-order valence-corrected chi connectivity index (χ4v) is 2.19. The normalized spacial score (nSPS) is 15.9. The highest BCUT2D eigenvalue weighted by molar-refractivity contribution is 5.81. The Balaban J connectivity index is 2.17. The Morgan fingerprint density at radius 3 is 2.21 bits per heavy atom. The molecule has 1 aromatic carbocycles. The third kappa shape index (κ3) is 2.96. The first-order chi connectivity index (χ1) is 9.04. The average Bonchev–Trinajstić information content (AvgIpc) is 3.23. The van der Waals surface area contributed by atoms with E-state index in [4.69, 9.17) is 0 Å². The number of carbonyl (C=O) groups is 1. The highest BCUT2D eigenvalue weighted by Crippen LogP contribution is 2.33. The molecule has 1 aliphatic rings. The molecule has 0 bridgehead atoms. The van der Waals surface area contributed by atoms with Gasteiger partial charge in [-0.15, -0.1) is 0 Å². The number of rotatable bonds is 4. The van der Waals surface area contributed by atoms with Gasteiger partial charge in [0.2, 0.25) is 5.91 Å². The molecule has 0 aliphatic heterocycles. The van der Waals surface area contributed by atoms with E-state index in [1.54, 1.807) is 11.9 Å². The van der Waals surface area contributed by atoms with E-state index in [0.717, 1.165) is 18.4 Å². The van der Waals surface area contributed by atoms with Gasteiger partial charge in [0.1, 0.15) is 6.04 Å². The summed E-state index contributed by atoms with van der Waals surface area (Å²) < 4.78 is 0. The Bertz CT molecular complexity index is 494. The molecule has 1 aliphatic carbocycles. The van der Waals surface area contributed by atoms with Gasteiger partial charge < -0.3 is 4.90 Å². The van der Waals surface area contributed by atoms with E-state index in [1.165, 1.54) is 5.56 Å². The van der Waals surface area contributed by atoms with Crippen molar-refractivity contribution < 1.29 is 4.79 Å². The third-order valence-electron chi connectivity index (χ3n) is 3.70. The van der Waals surface area contributed by atoms with Crippen molar-refractivity contribution in [2.75, 3.05) is 7.05 Å². The van der Waals surface area contributed by atoms with Crippen LogP contribution in [0.25, 0.3) is 0 Å². The summed E-state index contributed by atoms with van der Waals surface area (Å²) in [5.74, 6) is 0.718. The Kier molecular flexibility index (Phi) is 3.90. The van der Waals surface area contributed by atoms with Gasteiger partial charge in [-0.25, -0.2) is 0 Å². The van der Waals surface area contributed by atoms with E-state index in [2.05, 4.69) is 19.9 Å². The van der Waals surface area contributed by atoms with E-state index in [9.17, 15) is 10.1 Å². The summed E-state index contributed by atoms with van der Waals surface area (Å²) in [5, 5.41) is 9.34. The minimum atomic E-state index is -0.477. The van der Waals surface area contributed by atoms with Crippen LogP contribution in [0.3, 0.4) is 0 Å². The van der Waals surface area contributed by atoms with E-state index >= 15 is 0 Å². The quantitative estimate of drug-likeness (QED) is 0.830. The van der Waals surface area contributed by atoms with Gasteiger partial charge in [-0.3, -0.25) is 4.79 Å². The lowest BCUT2D eigenvalue weighted by atomic mass is 9.99. The minimum Gasteiger partial charge on any atom is -0.326 e. The lowest BCUT2D eigenvalue weighted by molar-refractivity contribution is -0.132. The topological polar surface area (TPSA) is 44.1 Å². The van der Waals surface area contributed by atoms with Gasteiger partial charge in [0.25, 0.3) is 0 Å². The van der Waals surface area contributed by atoms with Crippen LogP contribution in [0.15, 0.2) is 24.3 Å². The third-order valence-corrected chi connectivity index (χ3v) is 3.70. The summed E-state index contributed by atoms with van der Waals surface area (Å²) in [6.07, 6.45) is 1.93. The second-order valence-corrected chi connectivity index (χ2v) is 5.58. The monoisotopic (exact) mass is 256 g/mol. The van der Waals surface area contributed by atoms with E-state index < -0.39 is 6.04 Å². The largest absolute Gasteiger partial charge is 0.326 e. The van der Waals surface area contributed by atoms with Gasteiger partial charge in [-0.1, -0.05) is 38.1 Å². The van der Waals surface area contributed by atoms with Crippen molar-refractivity contribution in [3.8, 4) is 6.07 Å². The molecule has 0 radical (unpaired) electrons. The molecule has 1 atom stereocenters. The van der Waals surface area contributed by atoms with Crippen LogP contribution < -0.4 is 0 Å². The summed E-state index contributed by atoms with van der Waals surface area (Å²) in [6, 6.07) is 9.76. The number of benzene rings is 1. The lowest BCUT2D eigenvalue weighted by Crippen LogP contribution is -2.31. The molecule has 0 saturated heterocycles. The Morgan fingerprint density at radius 1 is 1.26 bits per heavy atom. The highest BCUT2D eigenvalue weighted by atomic mass is 16.2. The fraction of sp³-hybridized carbons (Fsp3) is 0.500. The molecule has 0 spiro atoms.